The van der Waals surface area contributed by atoms with Gasteiger partial charge in [-0.15, -0.1) is 0 Å². The third-order valence-electron chi connectivity index (χ3n) is 17.8. The first-order valence-electron chi connectivity index (χ1n) is 25.6. The Morgan fingerprint density at radius 3 is 1.81 bits per heavy atom. The zero-order chi connectivity index (χ0) is 48.2. The lowest BCUT2D eigenvalue weighted by molar-refractivity contribution is 0.332. The molecule has 343 valence electrons. The number of aromatic nitrogens is 1. The normalized spacial score (nSPS) is 17.2. The van der Waals surface area contributed by atoms with Gasteiger partial charge in [0.2, 0.25) is 0 Å². The van der Waals surface area contributed by atoms with Crippen LogP contribution in [-0.4, -0.2) is 11.8 Å². The Morgan fingerprint density at radius 2 is 1.14 bits per heavy atom. The van der Waals surface area contributed by atoms with Crippen LogP contribution in [0.3, 0.4) is 0 Å². The van der Waals surface area contributed by atoms with Crippen LogP contribution in [0.1, 0.15) is 128 Å². The zero-order valence-electron chi connectivity index (χ0n) is 42.5. The van der Waals surface area contributed by atoms with Gasteiger partial charge in [-0.25, -0.2) is 0 Å². The summed E-state index contributed by atoms with van der Waals surface area (Å²) in [5, 5.41) is 8.85. The van der Waals surface area contributed by atoms with E-state index in [0.29, 0.717) is 0 Å². The molecule has 70 heavy (non-hydrogen) atoms. The van der Waals surface area contributed by atoms with Gasteiger partial charge in [0.25, 0.3) is 0 Å². The fourth-order valence-corrected chi connectivity index (χ4v) is 13.7. The highest BCUT2D eigenvalue weighted by molar-refractivity contribution is 6.74. The molecule has 3 nitrogen and oxygen atoms in total. The van der Waals surface area contributed by atoms with E-state index in [2.05, 4.69) is 227 Å². The fourth-order valence-electron chi connectivity index (χ4n) is 13.7. The fraction of sp³-hybridized carbons (Fsp3) is 0.273. The Morgan fingerprint density at radius 1 is 0.543 bits per heavy atom. The summed E-state index contributed by atoms with van der Waals surface area (Å²) in [7, 11) is 2.55. The first kappa shape index (κ1) is 42.1. The molecule has 10 aromatic rings. The van der Waals surface area contributed by atoms with Gasteiger partial charge in [-0.2, -0.15) is 0 Å². The number of furan rings is 1. The molecule has 8 aromatic carbocycles. The highest BCUT2D eigenvalue weighted by Crippen LogP contribution is 2.56. The molecule has 0 atom stereocenters. The minimum Gasteiger partial charge on any atom is -0.455 e. The number of para-hydroxylation sites is 1. The lowest BCUT2D eigenvalue weighted by Gasteiger charge is -2.42. The molecule has 3 aliphatic carbocycles. The van der Waals surface area contributed by atoms with E-state index in [-0.39, 0.29) is 27.1 Å². The summed E-state index contributed by atoms with van der Waals surface area (Å²) in [5.41, 5.74) is 27.4. The molecule has 4 aliphatic rings. The molecule has 1 N–H and O–H groups in total. The van der Waals surface area contributed by atoms with Gasteiger partial charge in [-0.3, -0.25) is 0 Å². The Balaban J connectivity index is 1.16. The van der Waals surface area contributed by atoms with Crippen molar-refractivity contribution in [1.82, 2.24) is 4.57 Å². The van der Waals surface area contributed by atoms with Gasteiger partial charge in [0.15, 0.2) is 7.28 Å². The molecule has 0 saturated carbocycles. The molecule has 1 aliphatic heterocycles. The van der Waals surface area contributed by atoms with Crippen LogP contribution in [0.5, 0.6) is 0 Å². The maximum Gasteiger partial charge on any atom is 0.197 e. The average molecular weight is 908 g/mol. The second-order valence-electron chi connectivity index (χ2n) is 24.7. The first-order chi connectivity index (χ1) is 33.3. The summed E-state index contributed by atoms with van der Waals surface area (Å²) < 4.78 is 10.0. The smallest absolute Gasteiger partial charge is 0.197 e. The summed E-state index contributed by atoms with van der Waals surface area (Å²) in [6, 6.07) is 51.2. The van der Waals surface area contributed by atoms with E-state index in [1.165, 1.54) is 116 Å². The van der Waals surface area contributed by atoms with Gasteiger partial charge in [-0.05, 0) is 150 Å². The summed E-state index contributed by atoms with van der Waals surface area (Å²) in [5.74, 6) is 0. The molecular weight excluding hydrogens is 848 g/mol. The summed E-state index contributed by atoms with van der Waals surface area (Å²) >= 11 is 0. The number of hydrogen-bond donors (Lipinski definition) is 1. The quantitative estimate of drug-likeness (QED) is 0.179. The number of nitrogens with zero attached hydrogens (tertiary/aromatic N) is 1. The van der Waals surface area contributed by atoms with Gasteiger partial charge in [0, 0.05) is 49.6 Å². The number of nitrogens with one attached hydrogen (secondary N) is 1. The molecular formula is C66H60BN2O. The number of anilines is 2. The molecule has 2 aromatic heterocycles. The van der Waals surface area contributed by atoms with Crippen molar-refractivity contribution in [3.05, 3.63) is 172 Å². The second-order valence-corrected chi connectivity index (χ2v) is 24.7. The van der Waals surface area contributed by atoms with Crippen LogP contribution in [0.4, 0.5) is 11.4 Å². The minimum atomic E-state index is -0.211. The van der Waals surface area contributed by atoms with Crippen LogP contribution < -0.4 is 16.2 Å². The van der Waals surface area contributed by atoms with Crippen molar-refractivity contribution in [2.75, 3.05) is 5.32 Å². The molecule has 0 spiro atoms. The van der Waals surface area contributed by atoms with Gasteiger partial charge < -0.3 is 14.3 Å². The van der Waals surface area contributed by atoms with Crippen LogP contribution in [0, 0.1) is 0 Å². The topological polar surface area (TPSA) is 30.1 Å². The van der Waals surface area contributed by atoms with Crippen molar-refractivity contribution in [1.29, 1.82) is 0 Å². The lowest BCUT2D eigenvalue weighted by Crippen LogP contribution is -2.38. The molecule has 0 saturated heterocycles. The van der Waals surface area contributed by atoms with Crippen molar-refractivity contribution < 1.29 is 4.42 Å². The third kappa shape index (κ3) is 5.48. The van der Waals surface area contributed by atoms with Crippen molar-refractivity contribution in [3.63, 3.8) is 0 Å². The van der Waals surface area contributed by atoms with Crippen LogP contribution >= 0.6 is 0 Å². The Kier molecular flexibility index (Phi) is 8.15. The SMILES string of the molecule is CC(C)(C)c1ccc(Nc2cc3c(cc2-c2c4c5c(c6cc7c(cc6n5-c5cc6c(cc5[B]4)C(C)(C)c4ccccc4-6)C(C)(C)CCC7(C)C)c4oc5ccccc5c24)C(C)(C)c2ccccc2-3)cc1. The van der Waals surface area contributed by atoms with E-state index in [9.17, 15) is 0 Å². The predicted octanol–water partition coefficient (Wildman–Crippen LogP) is 16.3. The Labute approximate surface area is 413 Å². The van der Waals surface area contributed by atoms with Gasteiger partial charge in [0.05, 0.1) is 16.4 Å². The third-order valence-corrected chi connectivity index (χ3v) is 17.8. The predicted molar refractivity (Wildman–Crippen MR) is 297 cm³/mol. The molecule has 0 bridgehead atoms. The van der Waals surface area contributed by atoms with Gasteiger partial charge in [0.1, 0.15) is 11.2 Å². The number of hydrogen-bond acceptors (Lipinski definition) is 2. The number of rotatable bonds is 3. The van der Waals surface area contributed by atoms with E-state index < -0.39 is 0 Å². The Bertz CT molecular complexity index is 3970. The van der Waals surface area contributed by atoms with E-state index in [4.69, 9.17) is 4.42 Å². The standard InChI is InChI=1S/C66H60BN2O/c1-62(2,3)36-24-26-37(27-25-36)68-52-32-41-38-18-12-15-21-45(38)65(8,9)47(41)30-43(52)56-57-40-20-14-17-23-55(40)70-61(57)58-44-31-49-50(64(6,7)29-28-63(49,4)5)35-53(44)69-54-33-42-39-19-13-16-22-46(39)66(10,11)48(42)34-51(54)67-59(56)60(58)69/h12-27,30-35,68H,28-29H2,1-11H3. The maximum absolute atomic E-state index is 7.39. The van der Waals surface area contributed by atoms with Crippen LogP contribution in [0.25, 0.3) is 82.8 Å². The first-order valence-corrected chi connectivity index (χ1v) is 25.6. The maximum atomic E-state index is 7.39. The highest BCUT2D eigenvalue weighted by atomic mass is 16.3. The number of fused-ring (bicyclic) bond motifs is 16. The molecule has 0 amide bonds. The van der Waals surface area contributed by atoms with Crippen molar-refractivity contribution in [3.8, 4) is 39.1 Å². The van der Waals surface area contributed by atoms with Gasteiger partial charge >= 0.3 is 0 Å². The van der Waals surface area contributed by atoms with E-state index in [1.807, 2.05) is 0 Å². The van der Waals surface area contributed by atoms with Crippen molar-refractivity contribution >= 4 is 73.3 Å². The van der Waals surface area contributed by atoms with Crippen molar-refractivity contribution in [2.24, 2.45) is 0 Å². The largest absolute Gasteiger partial charge is 0.455 e. The van der Waals surface area contributed by atoms with Crippen molar-refractivity contribution in [2.45, 2.75) is 116 Å². The monoisotopic (exact) mass is 907 g/mol. The minimum absolute atomic E-state index is 0.0312. The highest BCUT2D eigenvalue weighted by Gasteiger charge is 2.43. The van der Waals surface area contributed by atoms with Crippen LogP contribution in [0.15, 0.2) is 138 Å². The van der Waals surface area contributed by atoms with Crippen LogP contribution in [0.2, 0.25) is 0 Å². The van der Waals surface area contributed by atoms with E-state index >= 15 is 0 Å². The van der Waals surface area contributed by atoms with E-state index in [1.54, 1.807) is 0 Å². The van der Waals surface area contributed by atoms with Crippen LogP contribution in [-0.2, 0) is 27.1 Å². The molecule has 1 radical (unpaired) electrons. The summed E-state index contributed by atoms with van der Waals surface area (Å²) in [6.07, 6.45) is 2.30. The average Bonchev–Trinajstić information content (AvgIpc) is 4.01. The molecule has 3 heterocycles. The van der Waals surface area contributed by atoms with E-state index in [0.717, 1.165) is 40.8 Å². The van der Waals surface area contributed by atoms with Gasteiger partial charge in [-0.1, -0.05) is 167 Å². The molecule has 0 unspecified atom stereocenters. The summed E-state index contributed by atoms with van der Waals surface area (Å²) in [6.45, 7) is 26.3. The second kappa shape index (κ2) is 13.5. The molecule has 4 heteroatoms. The number of benzene rings is 8. The zero-order valence-corrected chi connectivity index (χ0v) is 42.5. The molecule has 14 rings (SSSR count). The lowest BCUT2D eigenvalue weighted by atomic mass is 9.57. The summed E-state index contributed by atoms with van der Waals surface area (Å²) in [4.78, 5) is 0. The Hall–Kier alpha value is -6.78. The molecule has 0 fully saturated rings.